The smallest absolute Gasteiger partial charge is 0.744 e. The molecule has 2 saturated heterocycles. The normalized spacial score (nSPS) is 15.7. The molecule has 0 bridgehead atoms. The maximum absolute atomic E-state index is 12.5. The van der Waals surface area contributed by atoms with Crippen molar-refractivity contribution in [2.24, 2.45) is 0 Å². The van der Waals surface area contributed by atoms with Gasteiger partial charge in [-0.25, -0.2) is 16.8 Å². The molecule has 6 rings (SSSR count). The Morgan fingerprint density at radius 2 is 0.983 bits per heavy atom. The van der Waals surface area contributed by atoms with Crippen molar-refractivity contribution < 1.29 is 105 Å². The molecule has 2 aromatic heterocycles. The molecule has 2 aliphatic rings. The van der Waals surface area contributed by atoms with Gasteiger partial charge in [0.2, 0.25) is 35.7 Å². The molecule has 2 unspecified atom stereocenters. The fourth-order valence-corrected chi connectivity index (χ4v) is 7.05. The van der Waals surface area contributed by atoms with Gasteiger partial charge in [0.1, 0.15) is 20.2 Å². The van der Waals surface area contributed by atoms with Crippen LogP contribution in [0.1, 0.15) is 25.0 Å². The van der Waals surface area contributed by atoms with Crippen LogP contribution in [0.4, 0.5) is 47.1 Å². The number of aliphatic hydroxyl groups excluding tert-OH is 2. The third-order valence-electron chi connectivity index (χ3n) is 8.47. The third kappa shape index (κ3) is 14.1. The predicted molar refractivity (Wildman–Crippen MR) is 210 cm³/mol. The molecule has 0 amide bonds. The van der Waals surface area contributed by atoms with Crippen LogP contribution in [0, 0.1) is 0 Å². The van der Waals surface area contributed by atoms with Crippen molar-refractivity contribution in [3.05, 3.63) is 47.5 Å². The summed E-state index contributed by atoms with van der Waals surface area (Å²) in [6.45, 7) is 7.29. The van der Waals surface area contributed by atoms with Crippen LogP contribution >= 0.6 is 0 Å². The summed E-state index contributed by atoms with van der Waals surface area (Å²) in [5.41, 5.74) is 0.0625. The summed E-state index contributed by atoms with van der Waals surface area (Å²) in [6, 6.07) is 7.70. The molecule has 2 fully saturated rings. The number of nitrogens with zero attached hydrogens (tertiary/aromatic N) is 8. The summed E-state index contributed by atoms with van der Waals surface area (Å²) >= 11 is 0. The van der Waals surface area contributed by atoms with Crippen LogP contribution in [0.3, 0.4) is 0 Å². The van der Waals surface area contributed by atoms with Crippen molar-refractivity contribution in [2.45, 2.75) is 35.8 Å². The summed E-state index contributed by atoms with van der Waals surface area (Å²) in [4.78, 5) is 28.8. The summed E-state index contributed by atoms with van der Waals surface area (Å²) in [7, 11) is -10.2. The van der Waals surface area contributed by atoms with Gasteiger partial charge in [0.05, 0.1) is 48.4 Å². The molecule has 4 aromatic rings. The van der Waals surface area contributed by atoms with E-state index >= 15 is 0 Å². The Morgan fingerprint density at radius 1 is 0.633 bits per heavy atom. The molecule has 2 atom stereocenters. The number of nitrogens with one attached hydrogen (secondary N) is 4. The van der Waals surface area contributed by atoms with E-state index in [0.717, 1.165) is 12.1 Å². The maximum atomic E-state index is 12.5. The first kappa shape index (κ1) is 49.3. The molecule has 0 saturated carbocycles. The molecule has 312 valence electrons. The number of benzene rings is 2. The summed E-state index contributed by atoms with van der Waals surface area (Å²) < 4.78 is 85.8. The Balaban J connectivity index is 0.00000397. The largest absolute Gasteiger partial charge is 1.00 e. The molecule has 26 heteroatoms. The van der Waals surface area contributed by atoms with E-state index in [9.17, 15) is 36.2 Å². The molecular weight excluding hydrogens is 847 g/mol. The van der Waals surface area contributed by atoms with Crippen LogP contribution in [0.2, 0.25) is 0 Å². The predicted octanol–water partition coefficient (Wildman–Crippen LogP) is -5.21. The van der Waals surface area contributed by atoms with Crippen molar-refractivity contribution in [2.75, 3.05) is 96.8 Å². The van der Waals surface area contributed by atoms with Crippen molar-refractivity contribution in [3.8, 4) is 0 Å². The van der Waals surface area contributed by atoms with Gasteiger partial charge in [-0.2, -0.15) is 29.9 Å². The Kier molecular flexibility index (Phi) is 18.2. The second-order valence-corrected chi connectivity index (χ2v) is 15.9. The molecule has 0 spiro atoms. The Labute approximate surface area is 391 Å². The van der Waals surface area contributed by atoms with Crippen LogP contribution in [0.5, 0.6) is 0 Å². The number of aliphatic hydroxyl groups is 2. The molecule has 6 N–H and O–H groups in total. The Bertz CT molecular complexity index is 2170. The summed E-state index contributed by atoms with van der Waals surface area (Å²) in [5.74, 6) is 0.918. The first-order valence-electron chi connectivity index (χ1n) is 18.0. The van der Waals surface area contributed by atoms with Gasteiger partial charge < -0.3 is 59.9 Å². The van der Waals surface area contributed by atoms with Gasteiger partial charge in [-0.05, 0) is 49.2 Å². The van der Waals surface area contributed by atoms with Gasteiger partial charge in [0.25, 0.3) is 0 Å². The minimum atomic E-state index is -5.10. The molecular formula is C34H42N12Na2O10S2. The first-order valence-corrected chi connectivity index (χ1v) is 20.9. The second-order valence-electron chi connectivity index (χ2n) is 13.2. The van der Waals surface area contributed by atoms with Gasteiger partial charge in [0.15, 0.2) is 0 Å². The van der Waals surface area contributed by atoms with E-state index in [1.165, 1.54) is 36.4 Å². The topological polar surface area (TPSA) is 305 Å². The molecule has 2 aromatic carbocycles. The number of rotatable bonds is 16. The molecule has 0 radical (unpaired) electrons. The van der Waals surface area contributed by atoms with Crippen molar-refractivity contribution in [1.82, 2.24) is 29.9 Å². The van der Waals surface area contributed by atoms with E-state index in [-0.39, 0.29) is 118 Å². The third-order valence-corrected chi connectivity index (χ3v) is 10.3. The van der Waals surface area contributed by atoms with E-state index < -0.39 is 42.2 Å². The van der Waals surface area contributed by atoms with E-state index in [2.05, 4.69) is 51.2 Å². The van der Waals surface area contributed by atoms with Crippen molar-refractivity contribution in [3.63, 3.8) is 0 Å². The molecule has 60 heavy (non-hydrogen) atoms. The molecule has 0 aliphatic carbocycles. The van der Waals surface area contributed by atoms with Crippen molar-refractivity contribution in [1.29, 1.82) is 0 Å². The van der Waals surface area contributed by atoms with Crippen molar-refractivity contribution >= 4 is 79.5 Å². The molecule has 22 nitrogen and oxygen atoms in total. The minimum Gasteiger partial charge on any atom is -0.744 e. The average molecular weight is 889 g/mol. The zero-order chi connectivity index (χ0) is 41.5. The molecule has 2 aliphatic heterocycles. The van der Waals surface area contributed by atoms with Gasteiger partial charge in [-0.15, -0.1) is 0 Å². The van der Waals surface area contributed by atoms with Crippen LogP contribution in [0.25, 0.3) is 12.2 Å². The first-order chi connectivity index (χ1) is 27.6. The maximum Gasteiger partial charge on any atom is 1.00 e. The van der Waals surface area contributed by atoms with Crippen LogP contribution < -0.4 is 90.2 Å². The van der Waals surface area contributed by atoms with E-state index in [0.29, 0.717) is 64.5 Å². The summed E-state index contributed by atoms with van der Waals surface area (Å²) in [6.07, 6.45) is 0.979. The van der Waals surface area contributed by atoms with E-state index in [1.54, 1.807) is 13.8 Å². The number of anilines is 8. The zero-order valence-electron chi connectivity index (χ0n) is 33.4. The van der Waals surface area contributed by atoms with Crippen LogP contribution in [-0.2, 0) is 29.7 Å². The van der Waals surface area contributed by atoms with Gasteiger partial charge >= 0.3 is 59.1 Å². The van der Waals surface area contributed by atoms with Gasteiger partial charge in [0, 0.05) is 50.6 Å². The number of aromatic nitrogens is 6. The SMILES string of the molecule is CC(O)CNc1nc(Nc2ccc(/C=C/c3ccc(Nc4nc(NCC(C)O)nc(N5CCOCC5)n4)cc3S(=O)(=O)[O-])c(S(=O)(=O)[O-])c2)nc(N2CCOCC2)n1.[Na+].[Na+]. The average Bonchev–Trinajstić information content (AvgIpc) is 3.19. The zero-order valence-corrected chi connectivity index (χ0v) is 39.0. The van der Waals surface area contributed by atoms with Gasteiger partial charge in [-0.1, -0.05) is 24.3 Å². The molecule has 4 heterocycles. The van der Waals surface area contributed by atoms with Gasteiger partial charge in [-0.3, -0.25) is 0 Å². The number of hydrogen-bond acceptors (Lipinski definition) is 22. The number of hydrogen-bond donors (Lipinski definition) is 6. The Morgan fingerprint density at radius 3 is 1.32 bits per heavy atom. The van der Waals surface area contributed by atoms with E-state index in [1.807, 2.05) is 9.80 Å². The Hall–Kier alpha value is -3.34. The minimum absolute atomic E-state index is 0. The number of ether oxygens (including phenoxy) is 2. The van der Waals surface area contributed by atoms with Crippen LogP contribution in [0.15, 0.2) is 46.2 Å². The monoisotopic (exact) mass is 888 g/mol. The fraction of sp³-hybridized carbons (Fsp3) is 0.412. The standard InChI is InChI=1S/C34H44N12O10S2.2Na/c1-21(47)19-35-29-39-31(43-33(41-29)45-9-13-55-14-10-45)37-25-7-5-23(27(17-25)57(49,50)51)3-4-24-6-8-26(18-28(24)58(52,53)54)38-32-40-30(36-20-22(2)48)42-34(44-32)46-11-15-56-16-12-46;;/h3-8,17-18,21-22,47-48H,9-16,19-20H2,1-2H3,(H,49,50,51)(H,52,53,54)(H2,35,37,39,41,43)(H2,36,38,40,42,44);;/q;2*+1/p-2/b4-3+;;. The van der Waals surface area contributed by atoms with E-state index in [4.69, 9.17) is 9.47 Å². The fourth-order valence-electron chi connectivity index (χ4n) is 5.66. The quantitative estimate of drug-likeness (QED) is 0.0348. The van der Waals surface area contributed by atoms with Crippen LogP contribution in [-0.4, -0.2) is 144 Å². The second kappa shape index (κ2) is 22.1. The summed E-state index contributed by atoms with van der Waals surface area (Å²) in [5, 5.41) is 31.2. The number of morpholine rings is 2.